The number of hydrogen-bond acceptors (Lipinski definition) is 5. The molecule has 0 fully saturated rings. The number of aryl methyl sites for hydroxylation is 2. The van der Waals surface area contributed by atoms with Gasteiger partial charge in [0.25, 0.3) is 5.56 Å². The van der Waals surface area contributed by atoms with Crippen molar-refractivity contribution in [1.29, 1.82) is 0 Å². The van der Waals surface area contributed by atoms with Gasteiger partial charge in [-0.1, -0.05) is 0 Å². The fraction of sp³-hybridized carbons (Fsp3) is 0.294. The van der Waals surface area contributed by atoms with Crippen LogP contribution in [-0.2, 0) is 12.8 Å². The molecular formula is C17H14N2O3S. The minimum absolute atomic E-state index is 0.0398. The molecule has 5 rings (SSSR count). The zero-order chi connectivity index (χ0) is 15.4. The number of rotatable bonds is 1. The Morgan fingerprint density at radius 1 is 1.13 bits per heavy atom. The number of aromatic nitrogens is 2. The summed E-state index contributed by atoms with van der Waals surface area (Å²) < 4.78 is 10.7. The summed E-state index contributed by atoms with van der Waals surface area (Å²) in [7, 11) is 0. The van der Waals surface area contributed by atoms with Crippen molar-refractivity contribution >= 4 is 21.6 Å². The van der Waals surface area contributed by atoms with Gasteiger partial charge in [0.2, 0.25) is 6.79 Å². The molecule has 3 aromatic rings. The van der Waals surface area contributed by atoms with Gasteiger partial charge in [0, 0.05) is 10.4 Å². The molecule has 0 amide bonds. The molecule has 0 radical (unpaired) electrons. The Kier molecular flexibility index (Phi) is 2.76. The second-order valence-electron chi connectivity index (χ2n) is 5.87. The minimum atomic E-state index is -0.0398. The Hall–Kier alpha value is -2.34. The Balaban J connectivity index is 1.69. The number of nitrogens with one attached hydrogen (secondary N) is 1. The molecule has 0 saturated heterocycles. The van der Waals surface area contributed by atoms with Gasteiger partial charge < -0.3 is 14.5 Å². The van der Waals surface area contributed by atoms with E-state index in [2.05, 4.69) is 4.98 Å². The first kappa shape index (κ1) is 13.1. The van der Waals surface area contributed by atoms with Gasteiger partial charge in [0.1, 0.15) is 10.7 Å². The summed E-state index contributed by atoms with van der Waals surface area (Å²) in [6.45, 7) is 0.236. The van der Waals surface area contributed by atoms with Crippen LogP contribution in [-0.4, -0.2) is 16.8 Å². The van der Waals surface area contributed by atoms with Crippen LogP contribution in [0.1, 0.15) is 23.3 Å². The largest absolute Gasteiger partial charge is 0.454 e. The number of hydrogen-bond donors (Lipinski definition) is 1. The standard InChI is InChI=1S/C17H14N2O3S/c20-16-14-10-3-1-2-4-13(10)23-17(14)19-15(18-16)9-5-6-11-12(7-9)22-8-21-11/h5-7H,1-4,8H2,(H,18,19,20). The Bertz CT molecular complexity index is 989. The fourth-order valence-corrected chi connectivity index (χ4v) is 4.61. The number of ether oxygens (including phenoxy) is 2. The number of H-pyrrole nitrogens is 1. The third-order valence-electron chi connectivity index (χ3n) is 4.47. The minimum Gasteiger partial charge on any atom is -0.454 e. The van der Waals surface area contributed by atoms with Crippen LogP contribution in [0.25, 0.3) is 21.6 Å². The van der Waals surface area contributed by atoms with E-state index in [1.807, 2.05) is 18.2 Å². The van der Waals surface area contributed by atoms with E-state index in [9.17, 15) is 4.79 Å². The van der Waals surface area contributed by atoms with Gasteiger partial charge in [0.15, 0.2) is 11.5 Å². The third kappa shape index (κ3) is 1.98. The van der Waals surface area contributed by atoms with Crippen molar-refractivity contribution in [3.05, 3.63) is 39.0 Å². The Morgan fingerprint density at radius 2 is 2.00 bits per heavy atom. The molecule has 116 valence electrons. The van der Waals surface area contributed by atoms with Crippen LogP contribution < -0.4 is 15.0 Å². The lowest BCUT2D eigenvalue weighted by molar-refractivity contribution is 0.174. The zero-order valence-electron chi connectivity index (χ0n) is 12.3. The van der Waals surface area contributed by atoms with E-state index in [-0.39, 0.29) is 12.4 Å². The van der Waals surface area contributed by atoms with E-state index in [1.165, 1.54) is 16.9 Å². The number of benzene rings is 1. The summed E-state index contributed by atoms with van der Waals surface area (Å²) in [6, 6.07) is 5.60. The summed E-state index contributed by atoms with van der Waals surface area (Å²) in [6.07, 6.45) is 4.41. The third-order valence-corrected chi connectivity index (χ3v) is 5.66. The highest BCUT2D eigenvalue weighted by Crippen LogP contribution is 2.37. The lowest BCUT2D eigenvalue weighted by Gasteiger charge is -2.09. The quantitative estimate of drug-likeness (QED) is 0.745. The van der Waals surface area contributed by atoms with Gasteiger partial charge in [-0.2, -0.15) is 0 Å². The van der Waals surface area contributed by atoms with Crippen molar-refractivity contribution in [2.75, 3.05) is 6.79 Å². The highest BCUT2D eigenvalue weighted by molar-refractivity contribution is 7.18. The second kappa shape index (κ2) is 4.83. The molecule has 0 bridgehead atoms. The molecule has 23 heavy (non-hydrogen) atoms. The number of aromatic amines is 1. The molecule has 1 aromatic carbocycles. The van der Waals surface area contributed by atoms with Gasteiger partial charge >= 0.3 is 0 Å². The molecule has 1 aliphatic heterocycles. The predicted molar refractivity (Wildman–Crippen MR) is 88.4 cm³/mol. The van der Waals surface area contributed by atoms with E-state index >= 15 is 0 Å². The maximum Gasteiger partial charge on any atom is 0.260 e. The summed E-state index contributed by atoms with van der Waals surface area (Å²) in [5.41, 5.74) is 2.00. The molecule has 2 aromatic heterocycles. The topological polar surface area (TPSA) is 64.2 Å². The maximum atomic E-state index is 12.6. The van der Waals surface area contributed by atoms with Crippen LogP contribution in [0.15, 0.2) is 23.0 Å². The molecule has 6 heteroatoms. The predicted octanol–water partition coefficient (Wildman–Crippen LogP) is 3.26. The molecule has 3 heterocycles. The number of fused-ring (bicyclic) bond motifs is 4. The molecule has 2 aliphatic rings. The summed E-state index contributed by atoms with van der Waals surface area (Å²) in [5.74, 6) is 2.00. The molecule has 5 nitrogen and oxygen atoms in total. The van der Waals surface area contributed by atoms with E-state index in [1.54, 1.807) is 11.3 Å². The average molecular weight is 326 g/mol. The van der Waals surface area contributed by atoms with E-state index < -0.39 is 0 Å². The second-order valence-corrected chi connectivity index (χ2v) is 6.96. The van der Waals surface area contributed by atoms with E-state index in [0.29, 0.717) is 11.6 Å². The van der Waals surface area contributed by atoms with Gasteiger partial charge in [-0.05, 0) is 49.4 Å². The molecule has 0 saturated carbocycles. The van der Waals surface area contributed by atoms with Crippen molar-refractivity contribution in [2.45, 2.75) is 25.7 Å². The molecule has 1 aliphatic carbocycles. The van der Waals surface area contributed by atoms with Crippen molar-refractivity contribution in [3.63, 3.8) is 0 Å². The van der Waals surface area contributed by atoms with Gasteiger partial charge in [-0.25, -0.2) is 4.98 Å². The zero-order valence-corrected chi connectivity index (χ0v) is 13.2. The summed E-state index contributed by atoms with van der Waals surface area (Å²) in [4.78, 5) is 22.4. The van der Waals surface area contributed by atoms with Gasteiger partial charge in [0.05, 0.1) is 5.39 Å². The van der Waals surface area contributed by atoms with Crippen molar-refractivity contribution in [3.8, 4) is 22.9 Å². The highest BCUT2D eigenvalue weighted by Gasteiger charge is 2.21. The molecule has 0 unspecified atom stereocenters. The van der Waals surface area contributed by atoms with Gasteiger partial charge in [-0.3, -0.25) is 4.79 Å². The highest BCUT2D eigenvalue weighted by atomic mass is 32.1. The molecule has 0 atom stereocenters. The molecular weight excluding hydrogens is 312 g/mol. The molecule has 1 N–H and O–H groups in total. The maximum absolute atomic E-state index is 12.6. The van der Waals surface area contributed by atoms with E-state index in [4.69, 9.17) is 14.5 Å². The lowest BCUT2D eigenvalue weighted by atomic mass is 9.97. The van der Waals surface area contributed by atoms with Crippen LogP contribution in [0.4, 0.5) is 0 Å². The summed E-state index contributed by atoms with van der Waals surface area (Å²) >= 11 is 1.66. The van der Waals surface area contributed by atoms with Crippen LogP contribution in [0, 0.1) is 0 Å². The number of thiophene rings is 1. The first-order chi connectivity index (χ1) is 11.3. The average Bonchev–Trinajstić information content (AvgIpc) is 3.17. The fourth-order valence-electron chi connectivity index (χ4n) is 3.34. The van der Waals surface area contributed by atoms with Crippen molar-refractivity contribution < 1.29 is 9.47 Å². The van der Waals surface area contributed by atoms with Crippen molar-refractivity contribution in [2.24, 2.45) is 0 Å². The first-order valence-electron chi connectivity index (χ1n) is 7.74. The number of nitrogens with zero attached hydrogens (tertiary/aromatic N) is 1. The smallest absolute Gasteiger partial charge is 0.260 e. The van der Waals surface area contributed by atoms with Gasteiger partial charge in [-0.15, -0.1) is 11.3 Å². The first-order valence-corrected chi connectivity index (χ1v) is 8.56. The lowest BCUT2D eigenvalue weighted by Crippen LogP contribution is -2.11. The van der Waals surface area contributed by atoms with Crippen LogP contribution in [0.2, 0.25) is 0 Å². The van der Waals surface area contributed by atoms with E-state index in [0.717, 1.165) is 40.8 Å². The normalized spacial score (nSPS) is 15.8. The Morgan fingerprint density at radius 3 is 2.96 bits per heavy atom. The SMILES string of the molecule is O=c1[nH]c(-c2ccc3c(c2)OCO3)nc2sc3c(c12)CCCC3. The van der Waals surface area contributed by atoms with Crippen molar-refractivity contribution in [1.82, 2.24) is 9.97 Å². The van der Waals surface area contributed by atoms with Crippen LogP contribution in [0.5, 0.6) is 11.5 Å². The summed E-state index contributed by atoms with van der Waals surface area (Å²) in [5, 5.41) is 0.786. The van der Waals surface area contributed by atoms with Crippen LogP contribution in [0.3, 0.4) is 0 Å². The Labute approximate surface area is 135 Å². The molecule has 0 spiro atoms. The monoisotopic (exact) mass is 326 g/mol. The van der Waals surface area contributed by atoms with Crippen LogP contribution >= 0.6 is 11.3 Å².